The van der Waals surface area contributed by atoms with Crippen LogP contribution in [-0.4, -0.2) is 55.0 Å². The van der Waals surface area contributed by atoms with E-state index < -0.39 is 0 Å². The maximum absolute atomic E-state index is 12.9. The highest BCUT2D eigenvalue weighted by molar-refractivity contribution is 5.89. The van der Waals surface area contributed by atoms with Gasteiger partial charge in [0.1, 0.15) is 0 Å². The molecule has 2 saturated heterocycles. The van der Waals surface area contributed by atoms with E-state index in [0.29, 0.717) is 32.3 Å². The molecule has 1 saturated carbocycles. The zero-order valence-electron chi connectivity index (χ0n) is 12.6. The number of hydrogen-bond donors (Lipinski definition) is 1. The van der Waals surface area contributed by atoms with Crippen LogP contribution in [0.2, 0.25) is 0 Å². The highest BCUT2D eigenvalue weighted by Gasteiger charge is 2.53. The van der Waals surface area contributed by atoms with Gasteiger partial charge in [-0.1, -0.05) is 26.7 Å². The van der Waals surface area contributed by atoms with Crippen molar-refractivity contribution < 1.29 is 14.3 Å². The Bertz CT molecular complexity index is 360. The SMILES string of the molecule is CC(C)C1NC2(CCCC2)C(=O)N1CC1COCCO1. The standard InChI is InChI=1S/C15H26N2O3/c1-11(2)13-16-15(5-3-4-6-15)14(18)17(13)9-12-10-19-7-8-20-12/h11-13,16H,3-10H2,1-2H3. The number of hydrogen-bond acceptors (Lipinski definition) is 4. The summed E-state index contributed by atoms with van der Waals surface area (Å²) >= 11 is 0. The van der Waals surface area contributed by atoms with Gasteiger partial charge in [0, 0.05) is 0 Å². The van der Waals surface area contributed by atoms with Gasteiger partial charge in [0.25, 0.3) is 0 Å². The van der Waals surface area contributed by atoms with Crippen LogP contribution in [0.5, 0.6) is 0 Å². The number of amides is 1. The fraction of sp³-hybridized carbons (Fsp3) is 0.933. The zero-order valence-corrected chi connectivity index (χ0v) is 12.6. The quantitative estimate of drug-likeness (QED) is 0.843. The van der Waals surface area contributed by atoms with E-state index in [2.05, 4.69) is 19.2 Å². The maximum atomic E-state index is 12.9. The Labute approximate surface area is 121 Å². The van der Waals surface area contributed by atoms with E-state index in [1.807, 2.05) is 4.90 Å². The average Bonchev–Trinajstić information content (AvgIpc) is 3.02. The van der Waals surface area contributed by atoms with E-state index in [1.165, 1.54) is 0 Å². The molecule has 1 amide bonds. The molecule has 3 fully saturated rings. The Morgan fingerprint density at radius 2 is 2.10 bits per heavy atom. The minimum atomic E-state index is -0.287. The lowest BCUT2D eigenvalue weighted by Crippen LogP contribution is -2.47. The Kier molecular flexibility index (Phi) is 4.02. The fourth-order valence-electron chi connectivity index (χ4n) is 3.75. The first kappa shape index (κ1) is 14.3. The molecule has 20 heavy (non-hydrogen) atoms. The van der Waals surface area contributed by atoms with Gasteiger partial charge in [0.05, 0.1) is 44.2 Å². The summed E-state index contributed by atoms with van der Waals surface area (Å²) in [4.78, 5) is 14.9. The van der Waals surface area contributed by atoms with E-state index in [-0.39, 0.29) is 23.7 Å². The van der Waals surface area contributed by atoms with Crippen molar-refractivity contribution in [3.63, 3.8) is 0 Å². The molecule has 1 N–H and O–H groups in total. The molecule has 114 valence electrons. The normalized spacial score (nSPS) is 33.5. The monoisotopic (exact) mass is 282 g/mol. The molecular formula is C15H26N2O3. The van der Waals surface area contributed by atoms with E-state index in [4.69, 9.17) is 9.47 Å². The molecule has 0 aromatic heterocycles. The van der Waals surface area contributed by atoms with Crippen LogP contribution >= 0.6 is 0 Å². The van der Waals surface area contributed by atoms with Gasteiger partial charge in [0.2, 0.25) is 5.91 Å². The lowest BCUT2D eigenvalue weighted by Gasteiger charge is -2.32. The molecule has 2 unspecified atom stereocenters. The molecule has 5 heteroatoms. The second kappa shape index (κ2) is 5.62. The van der Waals surface area contributed by atoms with Gasteiger partial charge in [-0.05, 0) is 18.8 Å². The predicted octanol–water partition coefficient (Wildman–Crippen LogP) is 1.13. The minimum Gasteiger partial charge on any atom is -0.376 e. The van der Waals surface area contributed by atoms with Crippen molar-refractivity contribution in [2.24, 2.45) is 5.92 Å². The molecular weight excluding hydrogens is 256 g/mol. The minimum absolute atomic E-state index is 0.0207. The largest absolute Gasteiger partial charge is 0.376 e. The van der Waals surface area contributed by atoms with Crippen molar-refractivity contribution >= 4 is 5.91 Å². The van der Waals surface area contributed by atoms with Crippen molar-refractivity contribution in [3.05, 3.63) is 0 Å². The van der Waals surface area contributed by atoms with Crippen LogP contribution in [-0.2, 0) is 14.3 Å². The summed E-state index contributed by atoms with van der Waals surface area (Å²) in [5.74, 6) is 0.686. The molecule has 2 heterocycles. The van der Waals surface area contributed by atoms with Crippen LogP contribution in [0.4, 0.5) is 0 Å². The number of carbonyl (C=O) groups is 1. The second-order valence-electron chi connectivity index (χ2n) is 6.65. The molecule has 2 aliphatic heterocycles. The summed E-state index contributed by atoms with van der Waals surface area (Å²) in [5.41, 5.74) is -0.287. The van der Waals surface area contributed by atoms with Crippen molar-refractivity contribution in [1.29, 1.82) is 0 Å². The van der Waals surface area contributed by atoms with Crippen molar-refractivity contribution in [2.45, 2.75) is 57.3 Å². The first-order valence-electron chi connectivity index (χ1n) is 7.90. The highest BCUT2D eigenvalue weighted by Crippen LogP contribution is 2.38. The summed E-state index contributed by atoms with van der Waals surface area (Å²) in [7, 11) is 0. The third-order valence-corrected chi connectivity index (χ3v) is 4.80. The van der Waals surface area contributed by atoms with Crippen LogP contribution in [0.15, 0.2) is 0 Å². The number of nitrogens with zero attached hydrogens (tertiary/aromatic N) is 1. The third kappa shape index (κ3) is 2.47. The first-order valence-corrected chi connectivity index (χ1v) is 7.90. The Morgan fingerprint density at radius 1 is 1.35 bits per heavy atom. The van der Waals surface area contributed by atoms with Crippen LogP contribution in [0.1, 0.15) is 39.5 Å². The van der Waals surface area contributed by atoms with Gasteiger partial charge in [-0.25, -0.2) is 0 Å². The molecule has 1 aliphatic carbocycles. The van der Waals surface area contributed by atoms with Crippen molar-refractivity contribution in [3.8, 4) is 0 Å². The molecule has 0 bridgehead atoms. The van der Waals surface area contributed by atoms with E-state index in [0.717, 1.165) is 25.7 Å². The van der Waals surface area contributed by atoms with E-state index >= 15 is 0 Å². The Balaban J connectivity index is 1.73. The third-order valence-electron chi connectivity index (χ3n) is 4.80. The van der Waals surface area contributed by atoms with E-state index in [9.17, 15) is 4.79 Å². The highest BCUT2D eigenvalue weighted by atomic mass is 16.6. The summed E-state index contributed by atoms with van der Waals surface area (Å²) in [6.45, 7) is 6.89. The molecule has 1 spiro atoms. The van der Waals surface area contributed by atoms with Gasteiger partial charge >= 0.3 is 0 Å². The lowest BCUT2D eigenvalue weighted by molar-refractivity contribution is -0.140. The van der Waals surface area contributed by atoms with Crippen LogP contribution in [0.25, 0.3) is 0 Å². The molecule has 5 nitrogen and oxygen atoms in total. The predicted molar refractivity (Wildman–Crippen MR) is 75.2 cm³/mol. The summed E-state index contributed by atoms with van der Waals surface area (Å²) in [5, 5.41) is 3.64. The maximum Gasteiger partial charge on any atom is 0.244 e. The molecule has 3 rings (SSSR count). The van der Waals surface area contributed by atoms with Crippen LogP contribution in [0.3, 0.4) is 0 Å². The Hall–Kier alpha value is -0.650. The zero-order chi connectivity index (χ0) is 14.2. The molecule has 0 aromatic carbocycles. The van der Waals surface area contributed by atoms with Crippen molar-refractivity contribution in [1.82, 2.24) is 10.2 Å². The van der Waals surface area contributed by atoms with Gasteiger partial charge < -0.3 is 14.4 Å². The average molecular weight is 282 g/mol. The first-order chi connectivity index (χ1) is 9.62. The lowest BCUT2D eigenvalue weighted by atomic mass is 9.98. The number of rotatable bonds is 3. The topological polar surface area (TPSA) is 50.8 Å². The van der Waals surface area contributed by atoms with Gasteiger partial charge in [-0.2, -0.15) is 0 Å². The number of ether oxygens (including phenoxy) is 2. The molecule has 3 aliphatic rings. The molecule has 0 radical (unpaired) electrons. The van der Waals surface area contributed by atoms with Gasteiger partial charge in [0.15, 0.2) is 0 Å². The summed E-state index contributed by atoms with van der Waals surface area (Å²) < 4.78 is 11.2. The van der Waals surface area contributed by atoms with Crippen LogP contribution < -0.4 is 5.32 Å². The summed E-state index contributed by atoms with van der Waals surface area (Å²) in [6, 6.07) is 0. The van der Waals surface area contributed by atoms with Crippen LogP contribution in [0, 0.1) is 5.92 Å². The van der Waals surface area contributed by atoms with Gasteiger partial charge in [-0.3, -0.25) is 10.1 Å². The fourth-order valence-corrected chi connectivity index (χ4v) is 3.75. The van der Waals surface area contributed by atoms with Gasteiger partial charge in [-0.15, -0.1) is 0 Å². The second-order valence-corrected chi connectivity index (χ2v) is 6.65. The number of nitrogens with one attached hydrogen (secondary N) is 1. The van der Waals surface area contributed by atoms with E-state index in [1.54, 1.807) is 0 Å². The smallest absolute Gasteiger partial charge is 0.244 e. The number of carbonyl (C=O) groups excluding carboxylic acids is 1. The molecule has 0 aromatic rings. The Morgan fingerprint density at radius 3 is 2.70 bits per heavy atom. The molecule has 2 atom stereocenters. The van der Waals surface area contributed by atoms with Crippen molar-refractivity contribution in [2.75, 3.05) is 26.4 Å². The summed E-state index contributed by atoms with van der Waals surface area (Å²) in [6.07, 6.45) is 4.42.